The number of fused-ring (bicyclic) bond motifs is 1. The zero-order chi connectivity index (χ0) is 24.2. The van der Waals surface area contributed by atoms with E-state index in [1.807, 2.05) is 36.4 Å². The van der Waals surface area contributed by atoms with Crippen LogP contribution in [0.1, 0.15) is 36.1 Å². The van der Waals surface area contributed by atoms with Crippen molar-refractivity contribution in [2.75, 3.05) is 31.6 Å². The fourth-order valence-electron chi connectivity index (χ4n) is 4.72. The van der Waals surface area contributed by atoms with Crippen LogP contribution < -0.4 is 14.4 Å². The summed E-state index contributed by atoms with van der Waals surface area (Å²) in [7, 11) is 1.63. The predicted octanol–water partition coefficient (Wildman–Crippen LogP) is 4.73. The Morgan fingerprint density at radius 3 is 2.60 bits per heavy atom. The van der Waals surface area contributed by atoms with Crippen molar-refractivity contribution in [3.8, 4) is 17.4 Å². The molecular formula is C26H29N5O4. The Bertz CT molecular complexity index is 1210. The summed E-state index contributed by atoms with van der Waals surface area (Å²) >= 11 is 0. The number of nitro benzene ring substituents is 1. The van der Waals surface area contributed by atoms with Gasteiger partial charge in [-0.2, -0.15) is 4.98 Å². The largest absolute Gasteiger partial charge is 0.497 e. The minimum atomic E-state index is -0.321. The highest BCUT2D eigenvalue weighted by atomic mass is 16.6. The van der Waals surface area contributed by atoms with Gasteiger partial charge in [0.1, 0.15) is 11.5 Å². The van der Waals surface area contributed by atoms with Crippen LogP contribution in [0.4, 0.5) is 11.6 Å². The first-order valence-corrected chi connectivity index (χ1v) is 12.0. The van der Waals surface area contributed by atoms with Gasteiger partial charge in [0.2, 0.25) is 11.8 Å². The summed E-state index contributed by atoms with van der Waals surface area (Å²) in [6, 6.07) is 14.4. The van der Waals surface area contributed by atoms with Crippen LogP contribution in [0.2, 0.25) is 0 Å². The van der Waals surface area contributed by atoms with Crippen molar-refractivity contribution < 1.29 is 14.4 Å². The maximum Gasteiger partial charge on any atom is 0.273 e. The zero-order valence-corrected chi connectivity index (χ0v) is 19.9. The molecule has 2 aromatic carbocycles. The van der Waals surface area contributed by atoms with Crippen molar-refractivity contribution in [3.63, 3.8) is 0 Å². The number of nitrogens with zero attached hydrogens (tertiary/aromatic N) is 5. The molecule has 0 radical (unpaired) electrons. The quantitative estimate of drug-likeness (QED) is 0.357. The lowest BCUT2D eigenvalue weighted by molar-refractivity contribution is -0.385. The minimum absolute atomic E-state index is 0.142. The molecule has 35 heavy (non-hydrogen) atoms. The van der Waals surface area contributed by atoms with Crippen molar-refractivity contribution in [2.24, 2.45) is 0 Å². The smallest absolute Gasteiger partial charge is 0.273 e. The van der Waals surface area contributed by atoms with Crippen molar-refractivity contribution in [1.82, 2.24) is 14.9 Å². The van der Waals surface area contributed by atoms with Gasteiger partial charge >= 0.3 is 0 Å². The number of hydrogen-bond acceptors (Lipinski definition) is 8. The summed E-state index contributed by atoms with van der Waals surface area (Å²) in [5.74, 6) is 2.61. The van der Waals surface area contributed by atoms with E-state index in [2.05, 4.69) is 9.80 Å². The number of hydrogen-bond donors (Lipinski definition) is 0. The van der Waals surface area contributed by atoms with E-state index in [-0.39, 0.29) is 10.6 Å². The summed E-state index contributed by atoms with van der Waals surface area (Å²) in [5, 5.41) is 11.5. The molecule has 9 nitrogen and oxygen atoms in total. The van der Waals surface area contributed by atoms with Gasteiger partial charge in [0, 0.05) is 56.8 Å². The standard InChI is InChI=1S/C26H29N5O4/c1-34-20-9-7-10-21(16-20)35-25-22-18-29(17-19-8-3-4-11-24(19)31(32)33)15-12-23(22)27-26(28-25)30-13-5-2-6-14-30/h3-4,7-11,16H,2,5-6,12-15,17-18H2,1H3. The summed E-state index contributed by atoms with van der Waals surface area (Å²) in [6.07, 6.45) is 4.23. The number of benzene rings is 2. The lowest BCUT2D eigenvalue weighted by Crippen LogP contribution is -2.34. The van der Waals surface area contributed by atoms with Crippen LogP contribution in [0, 0.1) is 10.1 Å². The second kappa shape index (κ2) is 10.3. The van der Waals surface area contributed by atoms with Crippen molar-refractivity contribution >= 4 is 11.6 Å². The number of para-hydroxylation sites is 1. The lowest BCUT2D eigenvalue weighted by Gasteiger charge is -2.31. The van der Waals surface area contributed by atoms with Gasteiger partial charge < -0.3 is 14.4 Å². The fraction of sp³-hybridized carbons (Fsp3) is 0.385. The Balaban J connectivity index is 1.46. The molecule has 5 rings (SSSR count). The highest BCUT2D eigenvalue weighted by Gasteiger charge is 2.27. The number of ether oxygens (including phenoxy) is 2. The molecule has 0 unspecified atom stereocenters. The topological polar surface area (TPSA) is 93.9 Å². The van der Waals surface area contributed by atoms with E-state index in [1.54, 1.807) is 19.2 Å². The fourth-order valence-corrected chi connectivity index (χ4v) is 4.72. The van der Waals surface area contributed by atoms with Crippen molar-refractivity contribution in [1.29, 1.82) is 0 Å². The number of rotatable bonds is 7. The molecule has 2 aliphatic rings. The van der Waals surface area contributed by atoms with Crippen molar-refractivity contribution in [3.05, 3.63) is 75.5 Å². The minimum Gasteiger partial charge on any atom is -0.497 e. The van der Waals surface area contributed by atoms with Gasteiger partial charge in [0.05, 0.1) is 23.3 Å². The third kappa shape index (κ3) is 5.19. The van der Waals surface area contributed by atoms with Gasteiger partial charge in [-0.15, -0.1) is 0 Å². The van der Waals surface area contributed by atoms with E-state index >= 15 is 0 Å². The summed E-state index contributed by atoms with van der Waals surface area (Å²) < 4.78 is 11.7. The average Bonchev–Trinajstić information content (AvgIpc) is 2.89. The highest BCUT2D eigenvalue weighted by Crippen LogP contribution is 2.34. The summed E-state index contributed by atoms with van der Waals surface area (Å²) in [4.78, 5) is 25.4. The molecule has 1 fully saturated rings. The Hall–Kier alpha value is -3.72. The molecule has 3 heterocycles. The van der Waals surface area contributed by atoms with Gasteiger partial charge in [-0.05, 0) is 31.4 Å². The number of methoxy groups -OCH3 is 1. The second-order valence-electron chi connectivity index (χ2n) is 8.93. The molecule has 1 aromatic heterocycles. The maximum absolute atomic E-state index is 11.5. The molecule has 0 amide bonds. The third-order valence-corrected chi connectivity index (χ3v) is 6.57. The average molecular weight is 476 g/mol. The molecule has 0 N–H and O–H groups in total. The van der Waals surface area contributed by atoms with Crippen LogP contribution in [0.25, 0.3) is 0 Å². The number of aromatic nitrogens is 2. The lowest BCUT2D eigenvalue weighted by atomic mass is 10.0. The first-order chi connectivity index (χ1) is 17.1. The van der Waals surface area contributed by atoms with Gasteiger partial charge in [0.15, 0.2) is 0 Å². The first-order valence-electron chi connectivity index (χ1n) is 12.0. The van der Waals surface area contributed by atoms with Crippen LogP contribution >= 0.6 is 0 Å². The van der Waals surface area contributed by atoms with Gasteiger partial charge in [-0.1, -0.05) is 24.3 Å². The van der Waals surface area contributed by atoms with E-state index in [9.17, 15) is 10.1 Å². The number of piperidine rings is 1. The van der Waals surface area contributed by atoms with Crippen LogP contribution in [0.15, 0.2) is 48.5 Å². The van der Waals surface area contributed by atoms with Gasteiger partial charge in [-0.3, -0.25) is 15.0 Å². The zero-order valence-electron chi connectivity index (χ0n) is 19.9. The Labute approximate surface area is 204 Å². The predicted molar refractivity (Wildman–Crippen MR) is 132 cm³/mol. The van der Waals surface area contributed by atoms with E-state index in [0.29, 0.717) is 42.0 Å². The first kappa shape index (κ1) is 23.0. The summed E-state index contributed by atoms with van der Waals surface area (Å²) in [6.45, 7) is 3.68. The number of anilines is 1. The Morgan fingerprint density at radius 1 is 1.00 bits per heavy atom. The van der Waals surface area contributed by atoms with Crippen LogP contribution in [0.5, 0.6) is 17.4 Å². The van der Waals surface area contributed by atoms with Crippen LogP contribution in [-0.2, 0) is 19.5 Å². The monoisotopic (exact) mass is 475 g/mol. The molecule has 0 atom stereocenters. The Morgan fingerprint density at radius 2 is 1.80 bits per heavy atom. The van der Waals surface area contributed by atoms with E-state index in [4.69, 9.17) is 19.4 Å². The second-order valence-corrected chi connectivity index (χ2v) is 8.93. The third-order valence-electron chi connectivity index (χ3n) is 6.57. The number of nitro groups is 1. The molecule has 0 spiro atoms. The van der Waals surface area contributed by atoms with Gasteiger partial charge in [-0.25, -0.2) is 4.98 Å². The van der Waals surface area contributed by atoms with E-state index in [1.165, 1.54) is 6.42 Å². The van der Waals surface area contributed by atoms with E-state index in [0.717, 1.165) is 50.2 Å². The SMILES string of the molecule is COc1cccc(Oc2nc(N3CCCCC3)nc3c2CN(Cc2ccccc2[N+](=O)[O-])CC3)c1. The Kier molecular flexibility index (Phi) is 6.76. The molecule has 9 heteroatoms. The molecule has 182 valence electrons. The van der Waals surface area contributed by atoms with Crippen LogP contribution in [-0.4, -0.2) is 46.5 Å². The molecule has 3 aromatic rings. The van der Waals surface area contributed by atoms with Crippen molar-refractivity contribution in [2.45, 2.75) is 38.8 Å². The van der Waals surface area contributed by atoms with Gasteiger partial charge in [0.25, 0.3) is 5.69 Å². The molecule has 0 saturated carbocycles. The molecular weight excluding hydrogens is 446 g/mol. The summed E-state index contributed by atoms with van der Waals surface area (Å²) in [5.41, 5.74) is 2.75. The molecule has 0 aliphatic carbocycles. The normalized spacial score (nSPS) is 16.0. The molecule has 0 bridgehead atoms. The highest BCUT2D eigenvalue weighted by molar-refractivity contribution is 5.45. The van der Waals surface area contributed by atoms with Crippen LogP contribution in [0.3, 0.4) is 0 Å². The molecule has 2 aliphatic heterocycles. The molecule has 1 saturated heterocycles. The van der Waals surface area contributed by atoms with E-state index < -0.39 is 0 Å². The maximum atomic E-state index is 11.5.